The van der Waals surface area contributed by atoms with E-state index in [9.17, 15) is 0 Å². The Bertz CT molecular complexity index is 1110. The van der Waals surface area contributed by atoms with Gasteiger partial charge >= 0.3 is 0 Å². The van der Waals surface area contributed by atoms with Crippen LogP contribution in [-0.2, 0) is 5.41 Å². The standard InChI is InChI=1S/C29H33Cl2N3O/c1-3-32-19-29(26-13-8-14-27(33-26)35-2)17-20-15-16-21(18-29)34(20)28(22-9-4-6-11-24(22)30)23-10-5-7-12-25(23)31/h4-14,20-21,28,32H,3,15-19H2,1-2H3/t20-,21-/m0/s1. The van der Waals surface area contributed by atoms with Gasteiger partial charge in [0.2, 0.25) is 5.88 Å². The fraction of sp³-hybridized carbons (Fsp3) is 0.414. The number of benzene rings is 2. The van der Waals surface area contributed by atoms with Crippen LogP contribution in [-0.4, -0.2) is 42.2 Å². The van der Waals surface area contributed by atoms with Gasteiger partial charge in [0.1, 0.15) is 0 Å². The minimum Gasteiger partial charge on any atom is -0.481 e. The number of halogens is 2. The molecule has 0 amide bonds. The summed E-state index contributed by atoms with van der Waals surface area (Å²) in [6.45, 7) is 4.02. The maximum absolute atomic E-state index is 6.81. The van der Waals surface area contributed by atoms with E-state index in [-0.39, 0.29) is 11.5 Å². The van der Waals surface area contributed by atoms with Gasteiger partial charge < -0.3 is 10.1 Å². The molecule has 2 aromatic carbocycles. The third-order valence-corrected chi connectivity index (χ3v) is 8.50. The molecule has 184 valence electrons. The number of nitrogens with zero attached hydrogens (tertiary/aromatic N) is 2. The van der Waals surface area contributed by atoms with E-state index in [2.05, 4.69) is 53.5 Å². The molecule has 2 bridgehead atoms. The zero-order valence-corrected chi connectivity index (χ0v) is 21.9. The second kappa shape index (κ2) is 10.5. The number of hydrogen-bond acceptors (Lipinski definition) is 4. The van der Waals surface area contributed by atoms with Gasteiger partial charge in [0.25, 0.3) is 0 Å². The largest absolute Gasteiger partial charge is 0.481 e. The molecule has 2 fully saturated rings. The zero-order chi connectivity index (χ0) is 24.4. The quantitative estimate of drug-likeness (QED) is 0.368. The van der Waals surface area contributed by atoms with E-state index >= 15 is 0 Å². The number of fused-ring (bicyclic) bond motifs is 2. The third-order valence-electron chi connectivity index (χ3n) is 7.82. The summed E-state index contributed by atoms with van der Waals surface area (Å²) < 4.78 is 5.49. The summed E-state index contributed by atoms with van der Waals surface area (Å²) in [5.41, 5.74) is 3.33. The van der Waals surface area contributed by atoms with Crippen molar-refractivity contribution in [2.75, 3.05) is 20.2 Å². The lowest BCUT2D eigenvalue weighted by atomic mass is 9.71. The molecule has 2 aliphatic rings. The minimum atomic E-state index is -0.0433. The van der Waals surface area contributed by atoms with Crippen molar-refractivity contribution in [2.45, 2.75) is 56.1 Å². The van der Waals surface area contributed by atoms with E-state index in [1.807, 2.05) is 30.3 Å². The molecule has 4 nitrogen and oxygen atoms in total. The number of ether oxygens (including phenoxy) is 1. The van der Waals surface area contributed by atoms with Crippen LogP contribution >= 0.6 is 23.2 Å². The molecular formula is C29H33Cl2N3O. The maximum atomic E-state index is 6.81. The molecule has 0 unspecified atom stereocenters. The highest BCUT2D eigenvalue weighted by atomic mass is 35.5. The fourth-order valence-corrected chi connectivity index (χ4v) is 6.80. The summed E-state index contributed by atoms with van der Waals surface area (Å²) in [5, 5.41) is 5.22. The van der Waals surface area contributed by atoms with Crippen LogP contribution in [0.2, 0.25) is 10.0 Å². The Balaban J connectivity index is 1.57. The molecule has 2 aliphatic heterocycles. The number of rotatable bonds is 8. The van der Waals surface area contributed by atoms with Gasteiger partial charge in [0, 0.05) is 40.2 Å². The van der Waals surface area contributed by atoms with Gasteiger partial charge in [0.05, 0.1) is 18.8 Å². The first kappa shape index (κ1) is 24.6. The first-order chi connectivity index (χ1) is 17.1. The molecule has 5 rings (SSSR count). The number of piperidine rings is 1. The summed E-state index contributed by atoms with van der Waals surface area (Å²) in [4.78, 5) is 7.63. The Morgan fingerprint density at radius 2 is 1.54 bits per heavy atom. The molecule has 3 heterocycles. The number of aromatic nitrogens is 1. The van der Waals surface area contributed by atoms with Crippen LogP contribution in [0, 0.1) is 0 Å². The maximum Gasteiger partial charge on any atom is 0.213 e. The zero-order valence-electron chi connectivity index (χ0n) is 20.4. The van der Waals surface area contributed by atoms with Crippen LogP contribution in [0.15, 0.2) is 66.7 Å². The summed E-state index contributed by atoms with van der Waals surface area (Å²) >= 11 is 13.6. The lowest BCUT2D eigenvalue weighted by Gasteiger charge is -2.49. The molecule has 3 aromatic rings. The van der Waals surface area contributed by atoms with Crippen molar-refractivity contribution in [1.29, 1.82) is 0 Å². The van der Waals surface area contributed by atoms with Gasteiger partial charge in [-0.2, -0.15) is 0 Å². The normalized spacial score (nSPS) is 24.1. The molecule has 1 N–H and O–H groups in total. The molecule has 0 spiro atoms. The van der Waals surface area contributed by atoms with Crippen molar-refractivity contribution in [2.24, 2.45) is 0 Å². The molecule has 0 saturated carbocycles. The van der Waals surface area contributed by atoms with Gasteiger partial charge in [-0.3, -0.25) is 4.90 Å². The van der Waals surface area contributed by atoms with Gasteiger partial charge in [-0.25, -0.2) is 4.98 Å². The highest BCUT2D eigenvalue weighted by Gasteiger charge is 2.52. The lowest BCUT2D eigenvalue weighted by molar-refractivity contribution is 0.0554. The first-order valence-electron chi connectivity index (χ1n) is 12.5. The van der Waals surface area contributed by atoms with Gasteiger partial charge in [-0.15, -0.1) is 0 Å². The molecule has 2 saturated heterocycles. The second-order valence-electron chi connectivity index (χ2n) is 9.81. The Labute approximate surface area is 218 Å². The Morgan fingerprint density at radius 1 is 0.943 bits per heavy atom. The molecule has 1 aromatic heterocycles. The van der Waals surface area contributed by atoms with Gasteiger partial charge in [0.15, 0.2) is 0 Å². The molecule has 35 heavy (non-hydrogen) atoms. The second-order valence-corrected chi connectivity index (χ2v) is 10.6. The van der Waals surface area contributed by atoms with Gasteiger partial charge in [-0.1, -0.05) is 72.6 Å². The van der Waals surface area contributed by atoms with Crippen molar-refractivity contribution in [3.8, 4) is 5.88 Å². The number of pyridine rings is 1. The Hall–Kier alpha value is -2.11. The number of methoxy groups -OCH3 is 1. The Kier molecular flexibility index (Phi) is 7.36. The fourth-order valence-electron chi connectivity index (χ4n) is 6.32. The van der Waals surface area contributed by atoms with Gasteiger partial charge in [-0.05, 0) is 61.6 Å². The minimum absolute atomic E-state index is 0.0188. The van der Waals surface area contributed by atoms with Crippen molar-refractivity contribution in [3.63, 3.8) is 0 Å². The topological polar surface area (TPSA) is 37.4 Å². The number of likely N-dealkylation sites (N-methyl/N-ethyl adjacent to an activating group) is 1. The summed E-state index contributed by atoms with van der Waals surface area (Å²) in [7, 11) is 1.69. The number of hydrogen-bond donors (Lipinski definition) is 1. The molecule has 0 radical (unpaired) electrons. The Morgan fingerprint density at radius 3 is 2.09 bits per heavy atom. The van der Waals surface area contributed by atoms with Crippen molar-refractivity contribution >= 4 is 23.2 Å². The van der Waals surface area contributed by atoms with Crippen LogP contribution in [0.3, 0.4) is 0 Å². The van der Waals surface area contributed by atoms with E-state index in [0.29, 0.717) is 18.0 Å². The predicted molar refractivity (Wildman–Crippen MR) is 144 cm³/mol. The summed E-state index contributed by atoms with van der Waals surface area (Å²) in [6.07, 6.45) is 4.38. The van der Waals surface area contributed by atoms with E-state index < -0.39 is 0 Å². The predicted octanol–water partition coefficient (Wildman–Crippen LogP) is 6.66. The molecule has 6 heteroatoms. The van der Waals surface area contributed by atoms with Crippen LogP contribution in [0.1, 0.15) is 55.5 Å². The molecular weight excluding hydrogens is 477 g/mol. The van der Waals surface area contributed by atoms with Crippen molar-refractivity contribution in [1.82, 2.24) is 15.2 Å². The van der Waals surface area contributed by atoms with E-state index in [1.165, 1.54) is 0 Å². The molecule has 2 atom stereocenters. The van der Waals surface area contributed by atoms with Crippen LogP contribution < -0.4 is 10.1 Å². The summed E-state index contributed by atoms with van der Waals surface area (Å²) in [6, 6.07) is 23.4. The van der Waals surface area contributed by atoms with E-state index in [4.69, 9.17) is 32.9 Å². The van der Waals surface area contributed by atoms with E-state index in [0.717, 1.165) is 65.6 Å². The molecule has 0 aliphatic carbocycles. The van der Waals surface area contributed by atoms with Crippen LogP contribution in [0.25, 0.3) is 0 Å². The smallest absolute Gasteiger partial charge is 0.213 e. The lowest BCUT2D eigenvalue weighted by Crippen LogP contribution is -2.54. The highest BCUT2D eigenvalue weighted by Crippen LogP contribution is 2.52. The van der Waals surface area contributed by atoms with Crippen molar-refractivity contribution in [3.05, 3.63) is 93.6 Å². The highest BCUT2D eigenvalue weighted by molar-refractivity contribution is 6.32. The summed E-state index contributed by atoms with van der Waals surface area (Å²) in [5.74, 6) is 0.679. The van der Waals surface area contributed by atoms with Crippen LogP contribution in [0.4, 0.5) is 0 Å². The van der Waals surface area contributed by atoms with E-state index in [1.54, 1.807) is 7.11 Å². The number of nitrogens with one attached hydrogen (secondary N) is 1. The van der Waals surface area contributed by atoms with Crippen molar-refractivity contribution < 1.29 is 4.74 Å². The monoisotopic (exact) mass is 509 g/mol. The van der Waals surface area contributed by atoms with Crippen LogP contribution in [0.5, 0.6) is 5.88 Å². The average Bonchev–Trinajstić information content (AvgIpc) is 3.14. The first-order valence-corrected chi connectivity index (χ1v) is 13.3. The third kappa shape index (κ3) is 4.70. The average molecular weight is 511 g/mol. The SMILES string of the molecule is CCNCC1(c2cccc(OC)n2)C[C@@H]2CC[C@@H](C1)N2C(c1ccccc1Cl)c1ccccc1Cl.